The molecule has 0 bridgehead atoms. The van der Waals surface area contributed by atoms with Crippen molar-refractivity contribution in [3.05, 3.63) is 24.3 Å². The van der Waals surface area contributed by atoms with Gasteiger partial charge in [-0.25, -0.2) is 4.79 Å². The number of ether oxygens (including phenoxy) is 1. The van der Waals surface area contributed by atoms with Gasteiger partial charge in [-0.15, -0.1) is 0 Å². The number of allylic oxidation sites excluding steroid dienone is 3. The number of rotatable bonds is 11. The van der Waals surface area contributed by atoms with Gasteiger partial charge in [0.1, 0.15) is 0 Å². The van der Waals surface area contributed by atoms with Crippen LogP contribution in [0, 0.1) is 5.92 Å². The normalized spacial score (nSPS) is 25.5. The summed E-state index contributed by atoms with van der Waals surface area (Å²) in [4.78, 5) is 10.3. The Labute approximate surface area is 135 Å². The number of carboxylic acid groups (broad SMARTS) is 1. The minimum absolute atomic E-state index is 0.447. The summed E-state index contributed by atoms with van der Waals surface area (Å²) in [5, 5.41) is 8.46. The van der Waals surface area contributed by atoms with Gasteiger partial charge in [0.15, 0.2) is 0 Å². The number of aliphatic carboxylic acids is 1. The molecule has 126 valence electrons. The fraction of sp³-hybridized carbons (Fsp3) is 0.737. The number of hydrogen-bond donors (Lipinski definition) is 1. The summed E-state index contributed by atoms with van der Waals surface area (Å²) in [6.07, 6.45) is 18.4. The first-order valence-corrected chi connectivity index (χ1v) is 8.85. The molecule has 0 aromatic rings. The fourth-order valence-electron chi connectivity index (χ4n) is 3.08. The lowest BCUT2D eigenvalue weighted by Crippen LogP contribution is -2.14. The molecule has 1 aliphatic heterocycles. The zero-order chi connectivity index (χ0) is 16.2. The van der Waals surface area contributed by atoms with E-state index in [1.165, 1.54) is 38.5 Å². The predicted octanol–water partition coefficient (Wildman–Crippen LogP) is 5.12. The van der Waals surface area contributed by atoms with Crippen molar-refractivity contribution >= 4 is 5.97 Å². The Morgan fingerprint density at radius 2 is 1.95 bits per heavy atom. The first kappa shape index (κ1) is 19.0. The molecule has 0 radical (unpaired) electrons. The summed E-state index contributed by atoms with van der Waals surface area (Å²) in [5.74, 6) is -0.203. The standard InChI is InChI=1S/C19H32O3/c1-3-4-9-12-17-15-16(2)18(22-17)13-10-7-5-6-8-11-14-19(20)21/h6,8,11,14,16-18H,3-5,7,9-10,12-13,15H2,1-2H3,(H,20,21)/b8-6+,14-11+. The highest BCUT2D eigenvalue weighted by Crippen LogP contribution is 2.32. The first-order valence-electron chi connectivity index (χ1n) is 8.85. The molecule has 1 heterocycles. The summed E-state index contributed by atoms with van der Waals surface area (Å²) in [6.45, 7) is 4.56. The quantitative estimate of drug-likeness (QED) is 0.327. The van der Waals surface area contributed by atoms with Crippen molar-refractivity contribution < 1.29 is 14.6 Å². The summed E-state index contributed by atoms with van der Waals surface area (Å²) >= 11 is 0. The molecule has 3 unspecified atom stereocenters. The van der Waals surface area contributed by atoms with Crippen LogP contribution in [-0.4, -0.2) is 23.3 Å². The molecular formula is C19H32O3. The largest absolute Gasteiger partial charge is 0.478 e. The highest BCUT2D eigenvalue weighted by molar-refractivity contribution is 5.80. The van der Waals surface area contributed by atoms with E-state index in [0.717, 1.165) is 25.3 Å². The van der Waals surface area contributed by atoms with E-state index in [4.69, 9.17) is 9.84 Å². The smallest absolute Gasteiger partial charge is 0.328 e. The van der Waals surface area contributed by atoms with Crippen LogP contribution >= 0.6 is 0 Å². The van der Waals surface area contributed by atoms with Gasteiger partial charge in [-0.3, -0.25) is 0 Å². The van der Waals surface area contributed by atoms with Crippen molar-refractivity contribution in [3.63, 3.8) is 0 Å². The lowest BCUT2D eigenvalue weighted by molar-refractivity contribution is -0.131. The Balaban J connectivity index is 2.08. The summed E-state index contributed by atoms with van der Waals surface area (Å²) in [5.41, 5.74) is 0. The van der Waals surface area contributed by atoms with E-state index in [-0.39, 0.29) is 0 Å². The van der Waals surface area contributed by atoms with Crippen molar-refractivity contribution in [1.82, 2.24) is 0 Å². The number of hydrogen-bond acceptors (Lipinski definition) is 2. The topological polar surface area (TPSA) is 46.5 Å². The predicted molar refractivity (Wildman–Crippen MR) is 91.0 cm³/mol. The van der Waals surface area contributed by atoms with Gasteiger partial charge in [0, 0.05) is 6.08 Å². The van der Waals surface area contributed by atoms with Gasteiger partial charge in [0.25, 0.3) is 0 Å². The number of carbonyl (C=O) groups is 1. The third kappa shape index (κ3) is 8.38. The summed E-state index contributed by atoms with van der Waals surface area (Å²) < 4.78 is 6.20. The van der Waals surface area contributed by atoms with Crippen LogP contribution in [0.15, 0.2) is 24.3 Å². The van der Waals surface area contributed by atoms with Gasteiger partial charge in [-0.05, 0) is 38.0 Å². The highest BCUT2D eigenvalue weighted by atomic mass is 16.5. The van der Waals surface area contributed by atoms with E-state index in [1.54, 1.807) is 6.08 Å². The van der Waals surface area contributed by atoms with Crippen LogP contribution in [0.3, 0.4) is 0 Å². The van der Waals surface area contributed by atoms with Gasteiger partial charge >= 0.3 is 5.97 Å². The molecule has 0 aromatic heterocycles. The number of carboxylic acids is 1. The highest BCUT2D eigenvalue weighted by Gasteiger charge is 2.30. The first-order chi connectivity index (χ1) is 10.6. The Morgan fingerprint density at radius 1 is 1.18 bits per heavy atom. The summed E-state index contributed by atoms with van der Waals surface area (Å²) in [6, 6.07) is 0. The molecule has 22 heavy (non-hydrogen) atoms. The van der Waals surface area contributed by atoms with Gasteiger partial charge in [-0.1, -0.05) is 57.8 Å². The molecule has 1 saturated heterocycles. The molecule has 3 atom stereocenters. The van der Waals surface area contributed by atoms with Crippen molar-refractivity contribution in [2.45, 2.75) is 83.8 Å². The lowest BCUT2D eigenvalue weighted by Gasteiger charge is -2.15. The molecule has 0 amide bonds. The van der Waals surface area contributed by atoms with Crippen LogP contribution in [0.2, 0.25) is 0 Å². The second-order valence-electron chi connectivity index (χ2n) is 6.42. The van der Waals surface area contributed by atoms with Crippen molar-refractivity contribution in [3.8, 4) is 0 Å². The van der Waals surface area contributed by atoms with Gasteiger partial charge in [0.05, 0.1) is 12.2 Å². The van der Waals surface area contributed by atoms with Crippen LogP contribution in [0.25, 0.3) is 0 Å². The third-order valence-corrected chi connectivity index (χ3v) is 4.36. The second-order valence-corrected chi connectivity index (χ2v) is 6.42. The monoisotopic (exact) mass is 308 g/mol. The van der Waals surface area contributed by atoms with E-state index in [9.17, 15) is 4.79 Å². The average Bonchev–Trinajstić information content (AvgIpc) is 2.82. The molecule has 1 N–H and O–H groups in total. The molecule has 3 heteroatoms. The van der Waals surface area contributed by atoms with Gasteiger partial charge < -0.3 is 9.84 Å². The Kier molecular flexibility index (Phi) is 9.89. The van der Waals surface area contributed by atoms with Crippen molar-refractivity contribution in [2.24, 2.45) is 5.92 Å². The average molecular weight is 308 g/mol. The second kappa shape index (κ2) is 11.5. The number of unbranched alkanes of at least 4 members (excludes halogenated alkanes) is 4. The summed E-state index contributed by atoms with van der Waals surface area (Å²) in [7, 11) is 0. The maximum Gasteiger partial charge on any atom is 0.328 e. The third-order valence-electron chi connectivity index (χ3n) is 4.36. The molecule has 1 fully saturated rings. The molecule has 0 aliphatic carbocycles. The molecule has 1 aliphatic rings. The van der Waals surface area contributed by atoms with Crippen LogP contribution in [0.5, 0.6) is 0 Å². The molecule has 0 saturated carbocycles. The van der Waals surface area contributed by atoms with E-state index in [2.05, 4.69) is 13.8 Å². The maximum atomic E-state index is 10.3. The molecule has 0 spiro atoms. The van der Waals surface area contributed by atoms with E-state index >= 15 is 0 Å². The molecule has 3 nitrogen and oxygen atoms in total. The Bertz CT molecular complexity index is 360. The van der Waals surface area contributed by atoms with Gasteiger partial charge in [-0.2, -0.15) is 0 Å². The zero-order valence-electron chi connectivity index (χ0n) is 14.2. The van der Waals surface area contributed by atoms with Crippen LogP contribution in [0.1, 0.15) is 71.6 Å². The Morgan fingerprint density at radius 3 is 2.68 bits per heavy atom. The SMILES string of the molecule is CCCCCC1CC(C)C(CCCC/C=C/C=C/C(=O)O)O1. The zero-order valence-corrected chi connectivity index (χ0v) is 14.2. The molecular weight excluding hydrogens is 276 g/mol. The minimum Gasteiger partial charge on any atom is -0.478 e. The minimum atomic E-state index is -0.898. The molecule has 0 aromatic carbocycles. The van der Waals surface area contributed by atoms with Crippen molar-refractivity contribution in [2.75, 3.05) is 0 Å². The molecule has 1 rings (SSSR count). The van der Waals surface area contributed by atoms with Crippen LogP contribution in [-0.2, 0) is 9.53 Å². The Hall–Kier alpha value is -1.09. The maximum absolute atomic E-state index is 10.3. The lowest BCUT2D eigenvalue weighted by atomic mass is 9.96. The van der Waals surface area contributed by atoms with E-state index < -0.39 is 5.97 Å². The fourth-order valence-corrected chi connectivity index (χ4v) is 3.08. The van der Waals surface area contributed by atoms with Crippen LogP contribution in [0.4, 0.5) is 0 Å². The van der Waals surface area contributed by atoms with E-state index in [1.807, 2.05) is 12.2 Å². The van der Waals surface area contributed by atoms with Crippen molar-refractivity contribution in [1.29, 1.82) is 0 Å². The van der Waals surface area contributed by atoms with E-state index in [0.29, 0.717) is 18.1 Å². The van der Waals surface area contributed by atoms with Crippen LogP contribution < -0.4 is 0 Å². The van der Waals surface area contributed by atoms with Gasteiger partial charge in [0.2, 0.25) is 0 Å².